The highest BCUT2D eigenvalue weighted by molar-refractivity contribution is 5.15. The van der Waals surface area contributed by atoms with E-state index in [0.29, 0.717) is 6.04 Å². The number of allylic oxidation sites excluding steroid dienone is 2. The van der Waals surface area contributed by atoms with E-state index in [1.54, 1.807) is 0 Å². The van der Waals surface area contributed by atoms with Crippen molar-refractivity contribution in [1.82, 2.24) is 5.32 Å². The molecule has 1 heteroatoms. The minimum absolute atomic E-state index is 0.634. The van der Waals surface area contributed by atoms with Gasteiger partial charge < -0.3 is 5.32 Å². The molecule has 0 radical (unpaired) electrons. The van der Waals surface area contributed by atoms with Crippen LogP contribution in [0.4, 0.5) is 0 Å². The molecule has 17 heavy (non-hydrogen) atoms. The Morgan fingerprint density at radius 2 is 2.00 bits per heavy atom. The summed E-state index contributed by atoms with van der Waals surface area (Å²) in [7, 11) is 0. The lowest BCUT2D eigenvalue weighted by Gasteiger charge is -2.26. The van der Waals surface area contributed by atoms with Crippen molar-refractivity contribution in [2.75, 3.05) is 0 Å². The van der Waals surface area contributed by atoms with Crippen molar-refractivity contribution in [3.63, 3.8) is 0 Å². The summed E-state index contributed by atoms with van der Waals surface area (Å²) in [5.41, 5.74) is 1.39. The molecular weight excluding hydrogens is 206 g/mol. The van der Waals surface area contributed by atoms with Gasteiger partial charge in [0.25, 0.3) is 0 Å². The molecule has 0 heterocycles. The minimum atomic E-state index is 0.634. The van der Waals surface area contributed by atoms with Crippen LogP contribution in [0.25, 0.3) is 0 Å². The molecule has 4 atom stereocenters. The van der Waals surface area contributed by atoms with E-state index < -0.39 is 0 Å². The first kappa shape index (κ1) is 11.0. The summed E-state index contributed by atoms with van der Waals surface area (Å²) in [5, 5.41) is 3.69. The zero-order chi connectivity index (χ0) is 11.7. The van der Waals surface area contributed by atoms with Gasteiger partial charge in [0.15, 0.2) is 0 Å². The van der Waals surface area contributed by atoms with Crippen LogP contribution in [0, 0.1) is 17.8 Å². The second-order valence-corrected chi connectivity index (χ2v) is 5.60. The van der Waals surface area contributed by atoms with Gasteiger partial charge in [-0.15, -0.1) is 0 Å². The Morgan fingerprint density at radius 1 is 1.18 bits per heavy atom. The molecule has 1 aromatic rings. The first-order valence-electron chi connectivity index (χ1n) is 6.78. The molecule has 1 N–H and O–H groups in total. The van der Waals surface area contributed by atoms with Gasteiger partial charge in [-0.25, -0.2) is 0 Å². The highest BCUT2D eigenvalue weighted by atomic mass is 14.9. The lowest BCUT2D eigenvalue weighted by molar-refractivity contribution is 0.326. The average molecular weight is 227 g/mol. The van der Waals surface area contributed by atoms with Crippen molar-refractivity contribution >= 4 is 0 Å². The Hall–Kier alpha value is -1.08. The second kappa shape index (κ2) is 4.66. The van der Waals surface area contributed by atoms with Crippen molar-refractivity contribution in [1.29, 1.82) is 0 Å². The normalized spacial score (nSPS) is 31.9. The maximum Gasteiger partial charge on any atom is 0.0208 e. The number of nitrogens with one attached hydrogen (secondary N) is 1. The molecule has 90 valence electrons. The molecule has 4 unspecified atom stereocenters. The largest absolute Gasteiger partial charge is 0.310 e. The Labute approximate surface area is 104 Å². The van der Waals surface area contributed by atoms with Crippen LogP contribution in [-0.4, -0.2) is 6.04 Å². The van der Waals surface area contributed by atoms with E-state index in [2.05, 4.69) is 54.7 Å². The summed E-state index contributed by atoms with van der Waals surface area (Å²) < 4.78 is 0. The monoisotopic (exact) mass is 227 g/mol. The Balaban J connectivity index is 1.54. The fourth-order valence-corrected chi connectivity index (χ4v) is 3.42. The maximum absolute atomic E-state index is 3.69. The number of rotatable bonds is 4. The van der Waals surface area contributed by atoms with Gasteiger partial charge in [-0.05, 0) is 43.1 Å². The van der Waals surface area contributed by atoms with E-state index in [4.69, 9.17) is 0 Å². The number of hydrogen-bond acceptors (Lipinski definition) is 1. The second-order valence-electron chi connectivity index (χ2n) is 5.60. The zero-order valence-electron chi connectivity index (χ0n) is 10.5. The van der Waals surface area contributed by atoms with Crippen LogP contribution in [-0.2, 0) is 6.54 Å². The fraction of sp³-hybridized carbons (Fsp3) is 0.500. The van der Waals surface area contributed by atoms with Crippen molar-refractivity contribution in [2.45, 2.75) is 32.4 Å². The molecular formula is C16H21N. The van der Waals surface area contributed by atoms with E-state index in [1.165, 1.54) is 18.4 Å². The molecule has 3 rings (SSSR count). The SMILES string of the molecule is CC(NCc1ccccc1)C1CC2C=CC1C2. The summed E-state index contributed by atoms with van der Waals surface area (Å²) in [6.07, 6.45) is 7.66. The van der Waals surface area contributed by atoms with Gasteiger partial charge in [0.05, 0.1) is 0 Å². The van der Waals surface area contributed by atoms with E-state index in [0.717, 1.165) is 24.3 Å². The summed E-state index contributed by atoms with van der Waals surface area (Å²) in [6, 6.07) is 11.3. The van der Waals surface area contributed by atoms with Gasteiger partial charge in [0.2, 0.25) is 0 Å². The molecule has 0 spiro atoms. The highest BCUT2D eigenvalue weighted by Gasteiger charge is 2.38. The molecule has 2 aliphatic rings. The lowest BCUT2D eigenvalue weighted by Crippen LogP contribution is -2.35. The quantitative estimate of drug-likeness (QED) is 0.778. The number of fused-ring (bicyclic) bond motifs is 2. The topological polar surface area (TPSA) is 12.0 Å². The van der Waals surface area contributed by atoms with Crippen LogP contribution in [0.2, 0.25) is 0 Å². The summed E-state index contributed by atoms with van der Waals surface area (Å²) >= 11 is 0. The van der Waals surface area contributed by atoms with E-state index in [-0.39, 0.29) is 0 Å². The molecule has 0 amide bonds. The minimum Gasteiger partial charge on any atom is -0.310 e. The van der Waals surface area contributed by atoms with Crippen molar-refractivity contribution in [3.8, 4) is 0 Å². The molecule has 2 bridgehead atoms. The van der Waals surface area contributed by atoms with E-state index >= 15 is 0 Å². The van der Waals surface area contributed by atoms with Gasteiger partial charge in [-0.2, -0.15) is 0 Å². The highest BCUT2D eigenvalue weighted by Crippen LogP contribution is 2.44. The Morgan fingerprint density at radius 3 is 2.65 bits per heavy atom. The van der Waals surface area contributed by atoms with E-state index in [1.807, 2.05) is 0 Å². The molecule has 0 saturated heterocycles. The smallest absolute Gasteiger partial charge is 0.0208 e. The van der Waals surface area contributed by atoms with Gasteiger partial charge in [0.1, 0.15) is 0 Å². The third kappa shape index (κ3) is 2.30. The first-order valence-corrected chi connectivity index (χ1v) is 6.78. The first-order chi connectivity index (χ1) is 8.33. The van der Waals surface area contributed by atoms with Gasteiger partial charge in [-0.1, -0.05) is 42.5 Å². The molecule has 0 aliphatic heterocycles. The number of hydrogen-bond donors (Lipinski definition) is 1. The molecule has 1 nitrogen and oxygen atoms in total. The molecule has 1 saturated carbocycles. The van der Waals surface area contributed by atoms with Gasteiger partial charge >= 0.3 is 0 Å². The summed E-state index contributed by atoms with van der Waals surface area (Å²) in [5.74, 6) is 2.58. The van der Waals surface area contributed by atoms with Gasteiger partial charge in [0, 0.05) is 12.6 Å². The predicted octanol–water partition coefficient (Wildman–Crippen LogP) is 3.38. The van der Waals surface area contributed by atoms with Crippen LogP contribution in [0.1, 0.15) is 25.3 Å². The molecule has 0 aromatic heterocycles. The molecule has 1 aromatic carbocycles. The lowest BCUT2D eigenvalue weighted by atomic mass is 9.87. The van der Waals surface area contributed by atoms with Crippen LogP contribution >= 0.6 is 0 Å². The standard InChI is InChI=1S/C16H21N/c1-12(16-10-14-7-8-15(16)9-14)17-11-13-5-3-2-4-6-13/h2-8,12,14-17H,9-11H2,1H3. The third-order valence-corrected chi connectivity index (χ3v) is 4.44. The van der Waals surface area contributed by atoms with Crippen LogP contribution in [0.5, 0.6) is 0 Å². The Bertz CT molecular complexity index is 395. The average Bonchev–Trinajstić information content (AvgIpc) is 2.99. The Kier molecular flexibility index (Phi) is 3.02. The van der Waals surface area contributed by atoms with Crippen molar-refractivity contribution < 1.29 is 0 Å². The summed E-state index contributed by atoms with van der Waals surface area (Å²) in [4.78, 5) is 0. The van der Waals surface area contributed by atoms with Crippen LogP contribution in [0.3, 0.4) is 0 Å². The van der Waals surface area contributed by atoms with E-state index in [9.17, 15) is 0 Å². The van der Waals surface area contributed by atoms with Crippen LogP contribution in [0.15, 0.2) is 42.5 Å². The fourth-order valence-electron chi connectivity index (χ4n) is 3.42. The zero-order valence-corrected chi connectivity index (χ0v) is 10.5. The third-order valence-electron chi connectivity index (χ3n) is 4.44. The van der Waals surface area contributed by atoms with Crippen LogP contribution < -0.4 is 5.32 Å². The summed E-state index contributed by atoms with van der Waals surface area (Å²) in [6.45, 7) is 3.35. The van der Waals surface area contributed by atoms with Crippen molar-refractivity contribution in [2.24, 2.45) is 17.8 Å². The van der Waals surface area contributed by atoms with Gasteiger partial charge in [-0.3, -0.25) is 0 Å². The van der Waals surface area contributed by atoms with Crippen molar-refractivity contribution in [3.05, 3.63) is 48.0 Å². The molecule has 2 aliphatic carbocycles. The number of benzene rings is 1. The predicted molar refractivity (Wildman–Crippen MR) is 71.6 cm³/mol. The molecule has 1 fully saturated rings. The maximum atomic E-state index is 3.69.